The van der Waals surface area contributed by atoms with Crippen molar-refractivity contribution in [2.45, 2.75) is 26.7 Å². The molecule has 0 radical (unpaired) electrons. The monoisotopic (exact) mass is 469 g/mol. The lowest BCUT2D eigenvalue weighted by Gasteiger charge is -2.11. The van der Waals surface area contributed by atoms with Gasteiger partial charge in [-0.1, -0.05) is 18.2 Å². The molecule has 2 N–H and O–H groups in total. The quantitative estimate of drug-likeness (QED) is 0.349. The van der Waals surface area contributed by atoms with Gasteiger partial charge in [0.2, 0.25) is 5.91 Å². The summed E-state index contributed by atoms with van der Waals surface area (Å²) in [6.07, 6.45) is 0.893. The van der Waals surface area contributed by atoms with Crippen LogP contribution in [0.2, 0.25) is 0 Å². The molecule has 0 fully saturated rings. The predicted molar refractivity (Wildman–Crippen MR) is 136 cm³/mol. The molecule has 2 amide bonds. The number of benzene rings is 2. The van der Waals surface area contributed by atoms with Gasteiger partial charge in [-0.15, -0.1) is 11.3 Å². The normalized spacial score (nSPS) is 11.1. The number of aryl methyl sites for hydroxylation is 2. The lowest BCUT2D eigenvalue weighted by Crippen LogP contribution is -2.14. The Morgan fingerprint density at radius 3 is 2.41 bits per heavy atom. The van der Waals surface area contributed by atoms with Crippen LogP contribution >= 0.6 is 11.3 Å². The van der Waals surface area contributed by atoms with E-state index in [1.807, 2.05) is 54.1 Å². The summed E-state index contributed by atoms with van der Waals surface area (Å²) in [7, 11) is 0. The summed E-state index contributed by atoms with van der Waals surface area (Å²) >= 11 is 1.39. The number of thiophene rings is 1. The first-order valence-corrected chi connectivity index (χ1v) is 11.9. The molecule has 5 rings (SSSR count). The summed E-state index contributed by atoms with van der Waals surface area (Å²) in [6.45, 7) is 4.00. The van der Waals surface area contributed by atoms with E-state index in [1.165, 1.54) is 11.3 Å². The number of aromatic nitrogens is 3. The standard InChI is InChI=1S/C26H23N5O2S/c1-16-20(17(2)31-25(27-16)21-6-3-4-7-22(21)30-31)13-14-24(32)28-18-9-11-19(12-10-18)29-26(33)23-8-5-15-34-23/h3-12,15H,13-14H2,1-2H3,(H,28,32)(H,29,33). The van der Waals surface area contributed by atoms with Gasteiger partial charge >= 0.3 is 0 Å². The molecule has 5 aromatic rings. The molecule has 0 saturated heterocycles. The van der Waals surface area contributed by atoms with Gasteiger partial charge < -0.3 is 10.6 Å². The van der Waals surface area contributed by atoms with Crippen LogP contribution in [0.25, 0.3) is 16.6 Å². The zero-order valence-electron chi connectivity index (χ0n) is 18.8. The maximum atomic E-state index is 12.6. The number of hydrogen-bond donors (Lipinski definition) is 2. The van der Waals surface area contributed by atoms with Gasteiger partial charge in [0.15, 0.2) is 5.65 Å². The number of amides is 2. The average molecular weight is 470 g/mol. The van der Waals surface area contributed by atoms with Crippen molar-refractivity contribution in [3.63, 3.8) is 0 Å². The smallest absolute Gasteiger partial charge is 0.265 e. The molecular weight excluding hydrogens is 446 g/mol. The second kappa shape index (κ2) is 9.07. The van der Waals surface area contributed by atoms with Crippen molar-refractivity contribution in [3.05, 3.63) is 87.9 Å². The van der Waals surface area contributed by atoms with Crippen molar-refractivity contribution >= 4 is 51.1 Å². The highest BCUT2D eigenvalue weighted by molar-refractivity contribution is 7.12. The van der Waals surface area contributed by atoms with E-state index in [2.05, 4.69) is 15.7 Å². The van der Waals surface area contributed by atoms with E-state index in [0.717, 1.165) is 33.5 Å². The van der Waals surface area contributed by atoms with Gasteiger partial charge in [-0.25, -0.2) is 9.50 Å². The number of fused-ring (bicyclic) bond motifs is 3. The Balaban J connectivity index is 1.24. The Bertz CT molecular complexity index is 1500. The van der Waals surface area contributed by atoms with Gasteiger partial charge in [0, 0.05) is 34.6 Å². The van der Waals surface area contributed by atoms with Crippen LogP contribution in [-0.2, 0) is 11.2 Å². The first-order chi connectivity index (χ1) is 16.5. The van der Waals surface area contributed by atoms with Gasteiger partial charge in [-0.2, -0.15) is 5.10 Å². The largest absolute Gasteiger partial charge is 0.326 e. The lowest BCUT2D eigenvalue weighted by atomic mass is 10.1. The maximum Gasteiger partial charge on any atom is 0.265 e. The third kappa shape index (κ3) is 4.27. The zero-order valence-corrected chi connectivity index (χ0v) is 19.6. The fraction of sp³-hybridized carbons (Fsp3) is 0.154. The molecule has 0 unspecified atom stereocenters. The molecule has 0 saturated carbocycles. The van der Waals surface area contributed by atoms with Crippen molar-refractivity contribution in [1.82, 2.24) is 14.6 Å². The molecule has 0 spiro atoms. The third-order valence-corrected chi connectivity index (χ3v) is 6.66. The molecule has 0 aliphatic heterocycles. The second-order valence-electron chi connectivity index (χ2n) is 8.07. The predicted octanol–water partition coefficient (Wildman–Crippen LogP) is 5.38. The summed E-state index contributed by atoms with van der Waals surface area (Å²) in [5.41, 5.74) is 6.04. The van der Waals surface area contributed by atoms with Crippen LogP contribution in [0, 0.1) is 13.8 Å². The number of carbonyl (C=O) groups excluding carboxylic acids is 2. The molecule has 3 heterocycles. The summed E-state index contributed by atoms with van der Waals surface area (Å²) < 4.78 is 1.87. The zero-order chi connectivity index (χ0) is 23.7. The van der Waals surface area contributed by atoms with Crippen LogP contribution in [-0.4, -0.2) is 26.4 Å². The molecule has 34 heavy (non-hydrogen) atoms. The SMILES string of the molecule is Cc1nc2c3ccccc3nn2c(C)c1CCC(=O)Nc1ccc(NC(=O)c2cccs2)cc1. The molecule has 170 valence electrons. The lowest BCUT2D eigenvalue weighted by molar-refractivity contribution is -0.116. The molecule has 3 aromatic heterocycles. The number of hydrogen-bond acceptors (Lipinski definition) is 5. The molecule has 2 aromatic carbocycles. The van der Waals surface area contributed by atoms with E-state index in [9.17, 15) is 9.59 Å². The average Bonchev–Trinajstić information content (AvgIpc) is 3.49. The number of carbonyl (C=O) groups is 2. The van der Waals surface area contributed by atoms with Crippen LogP contribution < -0.4 is 10.6 Å². The van der Waals surface area contributed by atoms with Gasteiger partial charge in [-0.3, -0.25) is 9.59 Å². The third-order valence-electron chi connectivity index (χ3n) is 5.79. The summed E-state index contributed by atoms with van der Waals surface area (Å²) in [6, 6.07) is 18.7. The van der Waals surface area contributed by atoms with Gasteiger partial charge in [-0.05, 0) is 73.7 Å². The van der Waals surface area contributed by atoms with E-state index in [-0.39, 0.29) is 11.8 Å². The van der Waals surface area contributed by atoms with Gasteiger partial charge in [0.1, 0.15) is 0 Å². The van der Waals surface area contributed by atoms with Crippen molar-refractivity contribution in [1.29, 1.82) is 0 Å². The number of nitrogens with one attached hydrogen (secondary N) is 2. The van der Waals surface area contributed by atoms with Gasteiger partial charge in [0.05, 0.1) is 10.4 Å². The summed E-state index contributed by atoms with van der Waals surface area (Å²) in [4.78, 5) is 30.2. The summed E-state index contributed by atoms with van der Waals surface area (Å²) in [5.74, 6) is -0.229. The molecule has 0 atom stereocenters. The molecule has 0 aliphatic carbocycles. The van der Waals surface area contributed by atoms with E-state index in [1.54, 1.807) is 30.3 Å². The van der Waals surface area contributed by atoms with Crippen molar-refractivity contribution in [2.24, 2.45) is 0 Å². The number of nitrogens with zero attached hydrogens (tertiary/aromatic N) is 3. The van der Waals surface area contributed by atoms with Crippen LogP contribution in [0.5, 0.6) is 0 Å². The van der Waals surface area contributed by atoms with Gasteiger partial charge in [0.25, 0.3) is 5.91 Å². The highest BCUT2D eigenvalue weighted by Crippen LogP contribution is 2.23. The Morgan fingerprint density at radius 1 is 0.941 bits per heavy atom. The highest BCUT2D eigenvalue weighted by Gasteiger charge is 2.15. The maximum absolute atomic E-state index is 12.6. The van der Waals surface area contributed by atoms with E-state index in [0.29, 0.717) is 29.1 Å². The Labute approximate surface area is 200 Å². The number of anilines is 2. The first kappa shape index (κ1) is 21.8. The van der Waals surface area contributed by atoms with E-state index in [4.69, 9.17) is 4.98 Å². The second-order valence-corrected chi connectivity index (χ2v) is 9.02. The molecular formula is C26H23N5O2S. The minimum absolute atomic E-state index is 0.0834. The Kier molecular flexibility index (Phi) is 5.81. The van der Waals surface area contributed by atoms with E-state index < -0.39 is 0 Å². The topological polar surface area (TPSA) is 88.4 Å². The molecule has 8 heteroatoms. The van der Waals surface area contributed by atoms with Crippen molar-refractivity contribution in [2.75, 3.05) is 10.6 Å². The highest BCUT2D eigenvalue weighted by atomic mass is 32.1. The fourth-order valence-electron chi connectivity index (χ4n) is 4.04. The van der Waals surface area contributed by atoms with Crippen LogP contribution in [0.15, 0.2) is 66.0 Å². The number of rotatable bonds is 6. The minimum atomic E-state index is -0.145. The van der Waals surface area contributed by atoms with Crippen molar-refractivity contribution in [3.8, 4) is 0 Å². The first-order valence-electron chi connectivity index (χ1n) is 11.0. The fourth-order valence-corrected chi connectivity index (χ4v) is 4.66. The van der Waals surface area contributed by atoms with Crippen LogP contribution in [0.3, 0.4) is 0 Å². The molecule has 0 aliphatic rings. The molecule has 7 nitrogen and oxygen atoms in total. The van der Waals surface area contributed by atoms with Crippen LogP contribution in [0.1, 0.15) is 33.0 Å². The molecule has 0 bridgehead atoms. The Morgan fingerprint density at radius 2 is 1.68 bits per heavy atom. The Hall–Kier alpha value is -4.04. The summed E-state index contributed by atoms with van der Waals surface area (Å²) in [5, 5.41) is 13.3. The van der Waals surface area contributed by atoms with Crippen molar-refractivity contribution < 1.29 is 9.59 Å². The minimum Gasteiger partial charge on any atom is -0.326 e. The van der Waals surface area contributed by atoms with E-state index >= 15 is 0 Å². The van der Waals surface area contributed by atoms with Crippen LogP contribution in [0.4, 0.5) is 11.4 Å².